The monoisotopic (exact) mass is 258 g/mol. The van der Waals surface area contributed by atoms with Gasteiger partial charge in [-0.2, -0.15) is 0 Å². The molecule has 1 aromatic rings. The van der Waals surface area contributed by atoms with E-state index < -0.39 is 10.0 Å². The van der Waals surface area contributed by atoms with Crippen LogP contribution in [0.5, 0.6) is 5.75 Å². The highest BCUT2D eigenvalue weighted by molar-refractivity contribution is 7.89. The van der Waals surface area contributed by atoms with E-state index >= 15 is 0 Å². The lowest BCUT2D eigenvalue weighted by atomic mass is 10.3. The first-order valence-corrected chi connectivity index (χ1v) is 6.92. The highest BCUT2D eigenvalue weighted by Gasteiger charge is 2.18. The van der Waals surface area contributed by atoms with Crippen molar-refractivity contribution in [2.24, 2.45) is 0 Å². The predicted molar refractivity (Wildman–Crippen MR) is 67.5 cm³/mol. The van der Waals surface area contributed by atoms with Crippen molar-refractivity contribution in [2.75, 3.05) is 19.4 Å². The summed E-state index contributed by atoms with van der Waals surface area (Å²) in [6, 6.07) is 4.48. The van der Waals surface area contributed by atoms with Crippen molar-refractivity contribution in [2.45, 2.75) is 24.7 Å². The summed E-state index contributed by atoms with van der Waals surface area (Å²) in [5.41, 5.74) is 6.04. The van der Waals surface area contributed by atoms with Crippen LogP contribution in [0.15, 0.2) is 23.1 Å². The van der Waals surface area contributed by atoms with Crippen LogP contribution in [0, 0.1) is 0 Å². The van der Waals surface area contributed by atoms with E-state index in [-0.39, 0.29) is 10.6 Å². The van der Waals surface area contributed by atoms with Gasteiger partial charge in [-0.15, -0.1) is 0 Å². The molecule has 0 aromatic heterocycles. The first-order chi connectivity index (χ1) is 8.01. The molecule has 1 aromatic carbocycles. The molecule has 0 heterocycles. The zero-order chi connectivity index (χ0) is 12.9. The largest absolute Gasteiger partial charge is 0.495 e. The molecule has 5 nitrogen and oxygen atoms in total. The normalized spacial score (nSPS) is 11.4. The van der Waals surface area contributed by atoms with Gasteiger partial charge in [0, 0.05) is 18.3 Å². The smallest absolute Gasteiger partial charge is 0.244 e. The number of nitrogen functional groups attached to an aromatic ring is 1. The standard InChI is InChI=1S/C11H18N2O3S/c1-3-4-7-13-17(14,15)11-6-5-9(12)8-10(11)16-2/h5-6,8,13H,3-4,7,12H2,1-2H3. The van der Waals surface area contributed by atoms with E-state index in [1.807, 2.05) is 6.92 Å². The molecule has 0 saturated heterocycles. The first-order valence-electron chi connectivity index (χ1n) is 5.44. The van der Waals surface area contributed by atoms with Gasteiger partial charge >= 0.3 is 0 Å². The minimum absolute atomic E-state index is 0.116. The van der Waals surface area contributed by atoms with Gasteiger partial charge in [0.05, 0.1) is 7.11 Å². The molecule has 0 atom stereocenters. The number of hydrogen-bond donors (Lipinski definition) is 2. The Morgan fingerprint density at radius 1 is 1.41 bits per heavy atom. The van der Waals surface area contributed by atoms with Crippen LogP contribution in [-0.2, 0) is 10.0 Å². The van der Waals surface area contributed by atoms with Gasteiger partial charge in [0.1, 0.15) is 10.6 Å². The first kappa shape index (κ1) is 13.8. The quantitative estimate of drug-likeness (QED) is 0.596. The molecule has 3 N–H and O–H groups in total. The molecule has 0 fully saturated rings. The van der Waals surface area contributed by atoms with Crippen LogP contribution in [0.1, 0.15) is 19.8 Å². The average molecular weight is 258 g/mol. The third-order valence-corrected chi connectivity index (χ3v) is 3.80. The molecule has 96 valence electrons. The Hall–Kier alpha value is -1.27. The predicted octanol–water partition coefficient (Wildman–Crippen LogP) is 1.36. The van der Waals surface area contributed by atoms with Crippen LogP contribution in [0.25, 0.3) is 0 Å². The fourth-order valence-corrected chi connectivity index (χ4v) is 2.59. The van der Waals surface area contributed by atoms with Crippen molar-refractivity contribution in [3.05, 3.63) is 18.2 Å². The molecule has 0 saturated carbocycles. The van der Waals surface area contributed by atoms with Crippen LogP contribution < -0.4 is 15.2 Å². The number of sulfonamides is 1. The van der Waals surface area contributed by atoms with Crippen LogP contribution in [0.2, 0.25) is 0 Å². The number of methoxy groups -OCH3 is 1. The summed E-state index contributed by atoms with van der Waals surface area (Å²) < 4.78 is 31.5. The number of anilines is 1. The molecule has 0 aliphatic carbocycles. The summed E-state index contributed by atoms with van der Waals surface area (Å²) in [4.78, 5) is 0.116. The second-order valence-electron chi connectivity index (χ2n) is 3.66. The summed E-state index contributed by atoms with van der Waals surface area (Å²) in [7, 11) is -2.11. The van der Waals surface area contributed by atoms with Gasteiger partial charge in [0.2, 0.25) is 10.0 Å². The lowest BCUT2D eigenvalue weighted by molar-refractivity contribution is 0.402. The summed E-state index contributed by atoms with van der Waals surface area (Å²) in [5, 5.41) is 0. The minimum Gasteiger partial charge on any atom is -0.495 e. The van der Waals surface area contributed by atoms with Crippen molar-refractivity contribution in [3.8, 4) is 5.75 Å². The molecular weight excluding hydrogens is 240 g/mol. The Labute approximate surface area is 102 Å². The topological polar surface area (TPSA) is 81.4 Å². The Kier molecular flexibility index (Phi) is 4.77. The second-order valence-corrected chi connectivity index (χ2v) is 5.40. The fraction of sp³-hybridized carbons (Fsp3) is 0.455. The summed E-state index contributed by atoms with van der Waals surface area (Å²) in [6.45, 7) is 2.42. The Bertz CT molecular complexity index is 472. The molecule has 0 amide bonds. The summed E-state index contributed by atoms with van der Waals surface area (Å²) in [6.07, 6.45) is 1.73. The van der Waals surface area contributed by atoms with Crippen molar-refractivity contribution < 1.29 is 13.2 Å². The van der Waals surface area contributed by atoms with Gasteiger partial charge in [-0.05, 0) is 18.6 Å². The molecule has 0 spiro atoms. The maximum atomic E-state index is 12.0. The summed E-state index contributed by atoms with van der Waals surface area (Å²) in [5.74, 6) is 0.258. The van der Waals surface area contributed by atoms with Gasteiger partial charge in [0.15, 0.2) is 0 Å². The van der Waals surface area contributed by atoms with Gasteiger partial charge in [0.25, 0.3) is 0 Å². The fourth-order valence-electron chi connectivity index (χ4n) is 1.37. The lowest BCUT2D eigenvalue weighted by Gasteiger charge is -2.10. The molecule has 0 radical (unpaired) electrons. The van der Waals surface area contributed by atoms with Crippen molar-refractivity contribution >= 4 is 15.7 Å². The zero-order valence-corrected chi connectivity index (χ0v) is 10.9. The van der Waals surface area contributed by atoms with Crippen molar-refractivity contribution in [1.29, 1.82) is 0 Å². The van der Waals surface area contributed by atoms with Gasteiger partial charge < -0.3 is 10.5 Å². The molecule has 6 heteroatoms. The Morgan fingerprint density at radius 3 is 2.71 bits per heavy atom. The molecular formula is C11H18N2O3S. The van der Waals surface area contributed by atoms with Crippen LogP contribution in [0.3, 0.4) is 0 Å². The number of nitrogens with two attached hydrogens (primary N) is 1. The number of rotatable bonds is 6. The number of unbranched alkanes of at least 4 members (excludes halogenated alkanes) is 1. The van der Waals surface area contributed by atoms with Crippen LogP contribution in [0.4, 0.5) is 5.69 Å². The summed E-state index contributed by atoms with van der Waals surface area (Å²) >= 11 is 0. The molecule has 0 bridgehead atoms. The van der Waals surface area contributed by atoms with Crippen molar-refractivity contribution in [3.63, 3.8) is 0 Å². The zero-order valence-electron chi connectivity index (χ0n) is 10.1. The number of ether oxygens (including phenoxy) is 1. The van der Waals surface area contributed by atoms with Gasteiger partial charge in [-0.25, -0.2) is 13.1 Å². The minimum atomic E-state index is -3.52. The van der Waals surface area contributed by atoms with E-state index in [9.17, 15) is 8.42 Å². The molecule has 0 unspecified atom stereocenters. The van der Waals surface area contributed by atoms with E-state index in [4.69, 9.17) is 10.5 Å². The van der Waals surface area contributed by atoms with Crippen LogP contribution >= 0.6 is 0 Å². The molecule has 17 heavy (non-hydrogen) atoms. The highest BCUT2D eigenvalue weighted by atomic mass is 32.2. The third kappa shape index (κ3) is 3.61. The van der Waals surface area contributed by atoms with E-state index in [1.165, 1.54) is 25.3 Å². The van der Waals surface area contributed by atoms with Crippen molar-refractivity contribution in [1.82, 2.24) is 4.72 Å². The highest BCUT2D eigenvalue weighted by Crippen LogP contribution is 2.25. The molecule has 0 aliphatic rings. The molecule has 1 rings (SSSR count). The molecule has 0 aliphatic heterocycles. The Morgan fingerprint density at radius 2 is 2.12 bits per heavy atom. The van der Waals surface area contributed by atoms with Crippen LogP contribution in [-0.4, -0.2) is 22.1 Å². The van der Waals surface area contributed by atoms with E-state index in [1.54, 1.807) is 0 Å². The second kappa shape index (κ2) is 5.88. The maximum absolute atomic E-state index is 12.0. The van der Waals surface area contributed by atoms with E-state index in [0.717, 1.165) is 12.8 Å². The average Bonchev–Trinajstić information content (AvgIpc) is 2.28. The number of hydrogen-bond acceptors (Lipinski definition) is 4. The lowest BCUT2D eigenvalue weighted by Crippen LogP contribution is -2.25. The SMILES string of the molecule is CCCCNS(=O)(=O)c1ccc(N)cc1OC. The Balaban J connectivity index is 2.98. The maximum Gasteiger partial charge on any atom is 0.244 e. The van der Waals surface area contributed by atoms with Gasteiger partial charge in [-0.3, -0.25) is 0 Å². The van der Waals surface area contributed by atoms with E-state index in [0.29, 0.717) is 12.2 Å². The van der Waals surface area contributed by atoms with E-state index in [2.05, 4.69) is 4.72 Å². The number of benzene rings is 1. The number of nitrogens with one attached hydrogen (secondary N) is 1. The third-order valence-electron chi connectivity index (χ3n) is 2.30. The van der Waals surface area contributed by atoms with Gasteiger partial charge in [-0.1, -0.05) is 13.3 Å².